The van der Waals surface area contributed by atoms with Crippen LogP contribution in [0, 0.1) is 6.92 Å². The lowest BCUT2D eigenvalue weighted by atomic mass is 10.1. The number of benzene rings is 2. The molecule has 6 nitrogen and oxygen atoms in total. The molecule has 1 heterocycles. The molecule has 0 saturated carbocycles. The summed E-state index contributed by atoms with van der Waals surface area (Å²) in [5.74, 6) is -0.0422. The molecule has 0 aromatic heterocycles. The van der Waals surface area contributed by atoms with Gasteiger partial charge in [-0.25, -0.2) is 4.79 Å². The van der Waals surface area contributed by atoms with E-state index in [2.05, 4.69) is 10.1 Å². The van der Waals surface area contributed by atoms with Gasteiger partial charge >= 0.3 is 12.6 Å². The molecule has 0 bridgehead atoms. The van der Waals surface area contributed by atoms with Crippen molar-refractivity contribution in [3.05, 3.63) is 59.7 Å². The van der Waals surface area contributed by atoms with E-state index < -0.39 is 6.61 Å². The first kappa shape index (κ1) is 19.6. The van der Waals surface area contributed by atoms with E-state index in [1.54, 1.807) is 34.9 Å². The van der Waals surface area contributed by atoms with Gasteiger partial charge in [-0.05, 0) is 31.2 Å². The van der Waals surface area contributed by atoms with Crippen molar-refractivity contribution in [2.45, 2.75) is 13.5 Å². The molecule has 3 amide bonds. The van der Waals surface area contributed by atoms with Crippen LogP contribution in [0.2, 0.25) is 0 Å². The van der Waals surface area contributed by atoms with E-state index in [-0.39, 0.29) is 17.7 Å². The first-order valence-electron chi connectivity index (χ1n) is 8.90. The fourth-order valence-electron chi connectivity index (χ4n) is 3.04. The summed E-state index contributed by atoms with van der Waals surface area (Å²) in [6, 6.07) is 13.2. The van der Waals surface area contributed by atoms with Crippen molar-refractivity contribution in [2.24, 2.45) is 0 Å². The molecule has 8 heteroatoms. The number of piperazine rings is 1. The molecule has 0 spiro atoms. The molecular weight excluding hydrogens is 368 g/mol. The van der Waals surface area contributed by atoms with Crippen LogP contribution >= 0.6 is 0 Å². The van der Waals surface area contributed by atoms with Crippen LogP contribution in [-0.2, 0) is 0 Å². The minimum absolute atomic E-state index is 0.0195. The van der Waals surface area contributed by atoms with Crippen LogP contribution in [0.4, 0.5) is 19.3 Å². The van der Waals surface area contributed by atoms with Gasteiger partial charge in [0.25, 0.3) is 5.91 Å². The number of amides is 3. The Morgan fingerprint density at radius 3 is 2.25 bits per heavy atom. The highest BCUT2D eigenvalue weighted by Crippen LogP contribution is 2.27. The zero-order valence-electron chi connectivity index (χ0n) is 15.4. The Morgan fingerprint density at radius 1 is 0.964 bits per heavy atom. The Kier molecular flexibility index (Phi) is 6.08. The number of carbonyl (C=O) groups is 2. The van der Waals surface area contributed by atoms with E-state index in [1.165, 1.54) is 12.1 Å². The second kappa shape index (κ2) is 8.69. The zero-order chi connectivity index (χ0) is 20.1. The molecule has 1 aliphatic heterocycles. The maximum Gasteiger partial charge on any atom is 0.387 e. The number of hydrogen-bond acceptors (Lipinski definition) is 3. The Hall–Kier alpha value is -3.16. The molecule has 0 atom stereocenters. The Balaban J connectivity index is 1.58. The quantitative estimate of drug-likeness (QED) is 0.869. The zero-order valence-corrected chi connectivity index (χ0v) is 15.4. The van der Waals surface area contributed by atoms with Crippen LogP contribution < -0.4 is 10.1 Å². The topological polar surface area (TPSA) is 61.9 Å². The number of rotatable bonds is 4. The number of halogens is 2. The number of hydrogen-bond donors (Lipinski definition) is 1. The van der Waals surface area contributed by atoms with Crippen molar-refractivity contribution >= 4 is 17.6 Å². The molecule has 28 heavy (non-hydrogen) atoms. The van der Waals surface area contributed by atoms with Gasteiger partial charge < -0.3 is 19.9 Å². The fourth-order valence-corrected chi connectivity index (χ4v) is 3.04. The van der Waals surface area contributed by atoms with Crippen molar-refractivity contribution in [3.8, 4) is 5.75 Å². The number of anilines is 1. The van der Waals surface area contributed by atoms with E-state index in [1.807, 2.05) is 18.2 Å². The summed E-state index contributed by atoms with van der Waals surface area (Å²) in [7, 11) is 0. The Morgan fingerprint density at radius 2 is 1.61 bits per heavy atom. The summed E-state index contributed by atoms with van der Waals surface area (Å²) in [5, 5.41) is 2.73. The molecule has 2 aromatic rings. The predicted octanol–water partition coefficient (Wildman–Crippen LogP) is 3.59. The van der Waals surface area contributed by atoms with Crippen molar-refractivity contribution in [1.82, 2.24) is 9.80 Å². The van der Waals surface area contributed by atoms with Crippen molar-refractivity contribution < 1.29 is 23.1 Å². The van der Waals surface area contributed by atoms with Gasteiger partial charge in [-0.3, -0.25) is 4.79 Å². The summed E-state index contributed by atoms with van der Waals surface area (Å²) in [6.07, 6.45) is 0. The van der Waals surface area contributed by atoms with E-state index in [4.69, 9.17) is 0 Å². The van der Waals surface area contributed by atoms with Crippen molar-refractivity contribution in [1.29, 1.82) is 0 Å². The van der Waals surface area contributed by atoms with E-state index in [0.29, 0.717) is 43.0 Å². The van der Waals surface area contributed by atoms with Gasteiger partial charge in [0, 0.05) is 43.0 Å². The number of alkyl halides is 2. The van der Waals surface area contributed by atoms with E-state index >= 15 is 0 Å². The van der Waals surface area contributed by atoms with Crippen LogP contribution in [0.5, 0.6) is 5.75 Å². The predicted molar refractivity (Wildman–Crippen MR) is 101 cm³/mol. The lowest BCUT2D eigenvalue weighted by molar-refractivity contribution is -0.0502. The van der Waals surface area contributed by atoms with Gasteiger partial charge in [0.05, 0.1) is 0 Å². The third-order valence-electron chi connectivity index (χ3n) is 4.62. The fraction of sp³-hybridized carbons (Fsp3) is 0.300. The normalized spacial score (nSPS) is 14.1. The SMILES string of the molecule is Cc1c(NC(=O)N2CCN(C(=O)c3ccccc3)CC2)cccc1OC(F)F. The maximum absolute atomic E-state index is 12.5. The monoisotopic (exact) mass is 389 g/mol. The van der Waals surface area contributed by atoms with Gasteiger partial charge in [-0.2, -0.15) is 8.78 Å². The number of carbonyl (C=O) groups excluding carboxylic acids is 2. The average Bonchev–Trinajstić information content (AvgIpc) is 2.71. The largest absolute Gasteiger partial charge is 0.434 e. The molecule has 3 rings (SSSR count). The molecule has 0 unspecified atom stereocenters. The molecule has 1 aliphatic rings. The Labute approximate surface area is 161 Å². The molecule has 1 saturated heterocycles. The summed E-state index contributed by atoms with van der Waals surface area (Å²) in [4.78, 5) is 28.3. The maximum atomic E-state index is 12.5. The molecule has 2 aromatic carbocycles. The first-order chi connectivity index (χ1) is 13.5. The van der Waals surface area contributed by atoms with Crippen LogP contribution in [0.3, 0.4) is 0 Å². The molecule has 0 radical (unpaired) electrons. The molecule has 0 aliphatic carbocycles. The summed E-state index contributed by atoms with van der Waals surface area (Å²) < 4.78 is 29.4. The third kappa shape index (κ3) is 4.57. The minimum atomic E-state index is -2.93. The third-order valence-corrected chi connectivity index (χ3v) is 4.62. The molecular formula is C20H21F2N3O3. The summed E-state index contributed by atoms with van der Waals surface area (Å²) in [6.45, 7) is 0.292. The number of ether oxygens (including phenoxy) is 1. The number of urea groups is 1. The Bertz CT molecular complexity index is 838. The van der Waals surface area contributed by atoms with Crippen molar-refractivity contribution in [2.75, 3.05) is 31.5 Å². The van der Waals surface area contributed by atoms with Crippen LogP contribution in [0.25, 0.3) is 0 Å². The van der Waals surface area contributed by atoms with Gasteiger partial charge in [0.1, 0.15) is 5.75 Å². The second-order valence-corrected chi connectivity index (χ2v) is 6.38. The van der Waals surface area contributed by atoms with Gasteiger partial charge in [-0.15, -0.1) is 0 Å². The molecule has 148 valence electrons. The summed E-state index contributed by atoms with van der Waals surface area (Å²) in [5.41, 5.74) is 1.45. The van der Waals surface area contributed by atoms with Crippen LogP contribution in [0.1, 0.15) is 15.9 Å². The number of nitrogens with zero attached hydrogens (tertiary/aromatic N) is 2. The summed E-state index contributed by atoms with van der Waals surface area (Å²) >= 11 is 0. The molecule has 1 fully saturated rings. The van der Waals surface area contributed by atoms with Gasteiger partial charge in [-0.1, -0.05) is 24.3 Å². The first-order valence-corrected chi connectivity index (χ1v) is 8.90. The lowest BCUT2D eigenvalue weighted by Crippen LogP contribution is -2.51. The van der Waals surface area contributed by atoms with E-state index in [0.717, 1.165) is 0 Å². The van der Waals surface area contributed by atoms with E-state index in [9.17, 15) is 18.4 Å². The van der Waals surface area contributed by atoms with Crippen LogP contribution in [-0.4, -0.2) is 54.5 Å². The van der Waals surface area contributed by atoms with Gasteiger partial charge in [0.15, 0.2) is 0 Å². The minimum Gasteiger partial charge on any atom is -0.434 e. The highest BCUT2D eigenvalue weighted by Gasteiger charge is 2.25. The highest BCUT2D eigenvalue weighted by molar-refractivity contribution is 5.94. The highest BCUT2D eigenvalue weighted by atomic mass is 19.3. The average molecular weight is 389 g/mol. The lowest BCUT2D eigenvalue weighted by Gasteiger charge is -2.34. The van der Waals surface area contributed by atoms with Crippen molar-refractivity contribution in [3.63, 3.8) is 0 Å². The smallest absolute Gasteiger partial charge is 0.387 e. The number of nitrogens with one attached hydrogen (secondary N) is 1. The van der Waals surface area contributed by atoms with Gasteiger partial charge in [0.2, 0.25) is 0 Å². The van der Waals surface area contributed by atoms with Crippen LogP contribution in [0.15, 0.2) is 48.5 Å². The molecule has 1 N–H and O–H groups in total. The second-order valence-electron chi connectivity index (χ2n) is 6.38. The standard InChI is InChI=1S/C20H21F2N3O3/c1-14-16(8-5-9-17(14)28-19(21)22)23-20(27)25-12-10-24(11-13-25)18(26)15-6-3-2-4-7-15/h2-9,19H,10-13H2,1H3,(H,23,27).